The van der Waals surface area contributed by atoms with E-state index in [1.54, 1.807) is 29.2 Å². The summed E-state index contributed by atoms with van der Waals surface area (Å²) in [5.41, 5.74) is 0.603. The van der Waals surface area contributed by atoms with Gasteiger partial charge in [-0.3, -0.25) is 9.59 Å². The maximum atomic E-state index is 12.3. The van der Waals surface area contributed by atoms with Gasteiger partial charge in [-0.1, -0.05) is 24.6 Å². The highest BCUT2D eigenvalue weighted by Crippen LogP contribution is 2.14. The SMILES string of the molecule is CCCC(=O)N1CCN(C(=O)c2cccc(Cl)c2)CC1. The van der Waals surface area contributed by atoms with Crippen molar-refractivity contribution in [1.82, 2.24) is 9.80 Å². The van der Waals surface area contributed by atoms with E-state index in [-0.39, 0.29) is 11.8 Å². The summed E-state index contributed by atoms with van der Waals surface area (Å²) in [6.45, 7) is 4.40. The van der Waals surface area contributed by atoms with Gasteiger partial charge in [-0.15, -0.1) is 0 Å². The van der Waals surface area contributed by atoms with Crippen LogP contribution in [0.25, 0.3) is 0 Å². The number of halogens is 1. The molecule has 1 fully saturated rings. The van der Waals surface area contributed by atoms with E-state index in [9.17, 15) is 9.59 Å². The highest BCUT2D eigenvalue weighted by Gasteiger charge is 2.24. The zero-order valence-electron chi connectivity index (χ0n) is 11.6. The number of amides is 2. The van der Waals surface area contributed by atoms with Crippen molar-refractivity contribution in [3.8, 4) is 0 Å². The first-order valence-corrected chi connectivity index (χ1v) is 7.32. The third kappa shape index (κ3) is 3.51. The summed E-state index contributed by atoms with van der Waals surface area (Å²) in [4.78, 5) is 27.7. The van der Waals surface area contributed by atoms with Crippen molar-refractivity contribution in [1.29, 1.82) is 0 Å². The number of carbonyl (C=O) groups excluding carboxylic acids is 2. The van der Waals surface area contributed by atoms with Gasteiger partial charge in [-0.2, -0.15) is 0 Å². The first kappa shape index (κ1) is 14.9. The van der Waals surface area contributed by atoms with E-state index >= 15 is 0 Å². The van der Waals surface area contributed by atoms with Crippen molar-refractivity contribution in [3.63, 3.8) is 0 Å². The molecule has 1 aromatic rings. The Balaban J connectivity index is 1.93. The number of carbonyl (C=O) groups is 2. The third-order valence-electron chi connectivity index (χ3n) is 3.46. The minimum atomic E-state index is -0.0184. The number of nitrogens with zero attached hydrogens (tertiary/aromatic N) is 2. The molecule has 0 aliphatic carbocycles. The van der Waals surface area contributed by atoms with Crippen LogP contribution in [-0.4, -0.2) is 47.8 Å². The van der Waals surface area contributed by atoms with E-state index in [2.05, 4.69) is 0 Å². The molecule has 20 heavy (non-hydrogen) atoms. The monoisotopic (exact) mass is 294 g/mol. The molecule has 1 heterocycles. The van der Waals surface area contributed by atoms with Gasteiger partial charge in [-0.05, 0) is 24.6 Å². The van der Waals surface area contributed by atoms with Crippen molar-refractivity contribution in [3.05, 3.63) is 34.9 Å². The molecule has 0 N–H and O–H groups in total. The quantitative estimate of drug-likeness (QED) is 0.859. The van der Waals surface area contributed by atoms with Crippen LogP contribution in [-0.2, 0) is 4.79 Å². The van der Waals surface area contributed by atoms with Crippen molar-refractivity contribution in [2.45, 2.75) is 19.8 Å². The van der Waals surface area contributed by atoms with Crippen molar-refractivity contribution >= 4 is 23.4 Å². The van der Waals surface area contributed by atoms with Gasteiger partial charge in [0.1, 0.15) is 0 Å². The second-order valence-corrected chi connectivity index (χ2v) is 5.37. The zero-order valence-corrected chi connectivity index (χ0v) is 12.4. The molecule has 2 rings (SSSR count). The highest BCUT2D eigenvalue weighted by molar-refractivity contribution is 6.30. The van der Waals surface area contributed by atoms with Crippen LogP contribution in [0, 0.1) is 0 Å². The van der Waals surface area contributed by atoms with Crippen LogP contribution in [0.2, 0.25) is 5.02 Å². The van der Waals surface area contributed by atoms with E-state index in [4.69, 9.17) is 11.6 Å². The van der Waals surface area contributed by atoms with Gasteiger partial charge in [0.05, 0.1) is 0 Å². The highest BCUT2D eigenvalue weighted by atomic mass is 35.5. The summed E-state index contributed by atoms with van der Waals surface area (Å²) >= 11 is 5.90. The molecule has 5 heteroatoms. The lowest BCUT2D eigenvalue weighted by Crippen LogP contribution is -2.50. The Bertz CT molecular complexity index is 496. The minimum Gasteiger partial charge on any atom is -0.339 e. The predicted octanol–water partition coefficient (Wildman–Crippen LogP) is 2.42. The molecule has 0 saturated carbocycles. The minimum absolute atomic E-state index is 0.0184. The molecule has 4 nitrogen and oxygen atoms in total. The Kier molecular flexibility index (Phi) is 5.01. The van der Waals surface area contributed by atoms with Gasteiger partial charge in [0.25, 0.3) is 5.91 Å². The van der Waals surface area contributed by atoms with Crippen molar-refractivity contribution < 1.29 is 9.59 Å². The summed E-state index contributed by atoms with van der Waals surface area (Å²) in [5.74, 6) is 0.164. The van der Waals surface area contributed by atoms with Gasteiger partial charge in [0.15, 0.2) is 0 Å². The predicted molar refractivity (Wildman–Crippen MR) is 78.8 cm³/mol. The molecule has 2 amide bonds. The lowest BCUT2D eigenvalue weighted by molar-refractivity contribution is -0.132. The largest absolute Gasteiger partial charge is 0.339 e. The molecule has 0 bridgehead atoms. The summed E-state index contributed by atoms with van der Waals surface area (Å²) in [6, 6.07) is 6.97. The van der Waals surface area contributed by atoms with Crippen LogP contribution in [0.5, 0.6) is 0 Å². The molecule has 108 valence electrons. The van der Waals surface area contributed by atoms with Crippen molar-refractivity contribution in [2.24, 2.45) is 0 Å². The fraction of sp³-hybridized carbons (Fsp3) is 0.467. The van der Waals surface area contributed by atoms with Crippen LogP contribution < -0.4 is 0 Å². The fourth-order valence-corrected chi connectivity index (χ4v) is 2.53. The number of benzene rings is 1. The smallest absolute Gasteiger partial charge is 0.254 e. The Morgan fingerprint density at radius 2 is 1.80 bits per heavy atom. The Labute approximate surface area is 124 Å². The van der Waals surface area contributed by atoms with Gasteiger partial charge >= 0.3 is 0 Å². The first-order chi connectivity index (χ1) is 9.61. The summed E-state index contributed by atoms with van der Waals surface area (Å²) in [5, 5.41) is 0.563. The molecule has 1 aliphatic rings. The van der Waals surface area contributed by atoms with Gasteiger partial charge in [-0.25, -0.2) is 0 Å². The number of rotatable bonds is 3. The molecule has 0 radical (unpaired) electrons. The average Bonchev–Trinajstić information content (AvgIpc) is 2.47. The van der Waals surface area contributed by atoms with E-state index in [1.807, 2.05) is 11.8 Å². The molecule has 1 aliphatic heterocycles. The second-order valence-electron chi connectivity index (χ2n) is 4.93. The van der Waals surface area contributed by atoms with Crippen LogP contribution in [0.4, 0.5) is 0 Å². The number of hydrogen-bond donors (Lipinski definition) is 0. The Morgan fingerprint density at radius 1 is 1.15 bits per heavy atom. The number of piperazine rings is 1. The maximum absolute atomic E-state index is 12.3. The van der Waals surface area contributed by atoms with E-state index < -0.39 is 0 Å². The molecule has 0 unspecified atom stereocenters. The normalized spacial score (nSPS) is 15.3. The first-order valence-electron chi connectivity index (χ1n) is 6.94. The molecule has 0 spiro atoms. The second kappa shape index (κ2) is 6.75. The zero-order chi connectivity index (χ0) is 14.5. The van der Waals surface area contributed by atoms with Gasteiger partial charge < -0.3 is 9.80 Å². The Hall–Kier alpha value is -1.55. The standard InChI is InChI=1S/C15H19ClN2O2/c1-2-4-14(19)17-7-9-18(10-8-17)15(20)12-5-3-6-13(16)11-12/h3,5-6,11H,2,4,7-10H2,1H3. The summed E-state index contributed by atoms with van der Waals surface area (Å²) in [7, 11) is 0. The fourth-order valence-electron chi connectivity index (χ4n) is 2.34. The average molecular weight is 295 g/mol. The van der Waals surface area contributed by atoms with Crippen LogP contribution in [0.15, 0.2) is 24.3 Å². The molecule has 1 aromatic carbocycles. The topological polar surface area (TPSA) is 40.6 Å². The van der Waals surface area contributed by atoms with Crippen LogP contribution >= 0.6 is 11.6 Å². The lowest BCUT2D eigenvalue weighted by Gasteiger charge is -2.34. The molecule has 0 aromatic heterocycles. The van der Waals surface area contributed by atoms with Crippen LogP contribution in [0.1, 0.15) is 30.1 Å². The summed E-state index contributed by atoms with van der Waals surface area (Å²) < 4.78 is 0. The van der Waals surface area contributed by atoms with E-state index in [1.165, 1.54) is 0 Å². The van der Waals surface area contributed by atoms with E-state index in [0.29, 0.717) is 43.2 Å². The van der Waals surface area contributed by atoms with Gasteiger partial charge in [0, 0.05) is 43.2 Å². The van der Waals surface area contributed by atoms with Gasteiger partial charge in [0.2, 0.25) is 5.91 Å². The number of hydrogen-bond acceptors (Lipinski definition) is 2. The molecule has 0 atom stereocenters. The van der Waals surface area contributed by atoms with Crippen molar-refractivity contribution in [2.75, 3.05) is 26.2 Å². The lowest BCUT2D eigenvalue weighted by atomic mass is 10.1. The Morgan fingerprint density at radius 3 is 2.40 bits per heavy atom. The summed E-state index contributed by atoms with van der Waals surface area (Å²) in [6.07, 6.45) is 1.45. The third-order valence-corrected chi connectivity index (χ3v) is 3.69. The maximum Gasteiger partial charge on any atom is 0.254 e. The van der Waals surface area contributed by atoms with E-state index in [0.717, 1.165) is 6.42 Å². The molecule has 1 saturated heterocycles. The molecular formula is C15H19ClN2O2. The molecular weight excluding hydrogens is 276 g/mol. The van der Waals surface area contributed by atoms with Crippen LogP contribution in [0.3, 0.4) is 0 Å².